The molecule has 0 aliphatic rings. The molecule has 0 amide bonds. The van der Waals surface area contributed by atoms with Gasteiger partial charge in [-0.25, -0.2) is 9.18 Å². The van der Waals surface area contributed by atoms with E-state index in [2.05, 4.69) is 4.98 Å². The van der Waals surface area contributed by atoms with Gasteiger partial charge in [-0.2, -0.15) is 0 Å². The first-order chi connectivity index (χ1) is 9.11. The van der Waals surface area contributed by atoms with Gasteiger partial charge in [0.15, 0.2) is 0 Å². The fourth-order valence-corrected chi connectivity index (χ4v) is 1.92. The quantitative estimate of drug-likeness (QED) is 0.810. The fraction of sp³-hybridized carbons (Fsp3) is 0.143. The number of benzene rings is 1. The van der Waals surface area contributed by atoms with Crippen molar-refractivity contribution >= 4 is 17.6 Å². The zero-order chi connectivity index (χ0) is 13.8. The average molecular weight is 280 g/mol. The number of halogens is 2. The SMILES string of the molecule is COC(=O)c1cccnc1Cc1ccc(F)c(Cl)c1. The van der Waals surface area contributed by atoms with Crippen molar-refractivity contribution in [3.63, 3.8) is 0 Å². The molecule has 0 saturated carbocycles. The number of pyridine rings is 1. The van der Waals surface area contributed by atoms with Crippen LogP contribution in [0.1, 0.15) is 21.6 Å². The largest absolute Gasteiger partial charge is 0.465 e. The van der Waals surface area contributed by atoms with Gasteiger partial charge in [0.2, 0.25) is 0 Å². The molecule has 1 heterocycles. The monoisotopic (exact) mass is 279 g/mol. The number of carbonyl (C=O) groups is 1. The van der Waals surface area contributed by atoms with Gasteiger partial charge >= 0.3 is 5.97 Å². The first-order valence-electron chi connectivity index (χ1n) is 5.58. The van der Waals surface area contributed by atoms with Crippen LogP contribution < -0.4 is 0 Å². The number of ether oxygens (including phenoxy) is 1. The second-order valence-electron chi connectivity index (χ2n) is 3.91. The van der Waals surface area contributed by atoms with Crippen LogP contribution in [0.15, 0.2) is 36.5 Å². The van der Waals surface area contributed by atoms with Gasteiger partial charge in [0.1, 0.15) is 5.82 Å². The molecule has 0 radical (unpaired) electrons. The van der Waals surface area contributed by atoms with Crippen LogP contribution in [0.4, 0.5) is 4.39 Å². The van der Waals surface area contributed by atoms with E-state index in [1.807, 2.05) is 0 Å². The highest BCUT2D eigenvalue weighted by Crippen LogP contribution is 2.19. The number of hydrogen-bond acceptors (Lipinski definition) is 3. The fourth-order valence-electron chi connectivity index (χ4n) is 1.72. The third-order valence-electron chi connectivity index (χ3n) is 2.65. The Hall–Kier alpha value is -1.94. The molecule has 0 atom stereocenters. The van der Waals surface area contributed by atoms with Gasteiger partial charge in [-0.1, -0.05) is 17.7 Å². The number of nitrogens with zero attached hydrogens (tertiary/aromatic N) is 1. The molecule has 2 rings (SSSR count). The van der Waals surface area contributed by atoms with Crippen molar-refractivity contribution in [1.82, 2.24) is 4.98 Å². The van der Waals surface area contributed by atoms with Crippen molar-refractivity contribution in [3.05, 3.63) is 64.2 Å². The summed E-state index contributed by atoms with van der Waals surface area (Å²) < 4.78 is 17.8. The van der Waals surface area contributed by atoms with E-state index in [1.54, 1.807) is 24.4 Å². The van der Waals surface area contributed by atoms with Crippen molar-refractivity contribution in [2.75, 3.05) is 7.11 Å². The Kier molecular flexibility index (Phi) is 4.12. The number of rotatable bonds is 3. The minimum absolute atomic E-state index is 0.0491. The van der Waals surface area contributed by atoms with Crippen molar-refractivity contribution in [1.29, 1.82) is 0 Å². The lowest BCUT2D eigenvalue weighted by Crippen LogP contribution is -2.07. The summed E-state index contributed by atoms with van der Waals surface area (Å²) in [6.45, 7) is 0. The Bertz CT molecular complexity index is 616. The van der Waals surface area contributed by atoms with E-state index in [0.717, 1.165) is 5.56 Å². The number of carbonyl (C=O) groups excluding carboxylic acids is 1. The maximum Gasteiger partial charge on any atom is 0.339 e. The third kappa shape index (κ3) is 3.09. The van der Waals surface area contributed by atoms with Crippen LogP contribution in [0.25, 0.3) is 0 Å². The minimum Gasteiger partial charge on any atom is -0.465 e. The van der Waals surface area contributed by atoms with Crippen molar-refractivity contribution in [3.8, 4) is 0 Å². The molecular formula is C14H11ClFNO2. The summed E-state index contributed by atoms with van der Waals surface area (Å²) in [7, 11) is 1.31. The summed E-state index contributed by atoms with van der Waals surface area (Å²) in [4.78, 5) is 15.8. The van der Waals surface area contributed by atoms with Gasteiger partial charge in [-0.05, 0) is 29.8 Å². The molecule has 0 unspecified atom stereocenters. The van der Waals surface area contributed by atoms with Crippen molar-refractivity contribution in [2.45, 2.75) is 6.42 Å². The van der Waals surface area contributed by atoms with E-state index in [4.69, 9.17) is 16.3 Å². The Labute approximate surface area is 115 Å². The molecule has 0 fully saturated rings. The molecule has 5 heteroatoms. The second kappa shape index (κ2) is 5.80. The van der Waals surface area contributed by atoms with Gasteiger partial charge in [-0.3, -0.25) is 4.98 Å². The molecule has 1 aromatic carbocycles. The zero-order valence-corrected chi connectivity index (χ0v) is 10.9. The third-order valence-corrected chi connectivity index (χ3v) is 2.94. The van der Waals surface area contributed by atoms with Crippen LogP contribution in [-0.2, 0) is 11.2 Å². The van der Waals surface area contributed by atoms with E-state index in [9.17, 15) is 9.18 Å². The first kappa shape index (κ1) is 13.5. The maximum atomic E-state index is 13.1. The normalized spacial score (nSPS) is 10.3. The molecule has 0 N–H and O–H groups in total. The highest BCUT2D eigenvalue weighted by atomic mass is 35.5. The van der Waals surface area contributed by atoms with Gasteiger partial charge in [0.05, 0.1) is 23.4 Å². The highest BCUT2D eigenvalue weighted by Gasteiger charge is 2.13. The van der Waals surface area contributed by atoms with Gasteiger partial charge in [-0.15, -0.1) is 0 Å². The lowest BCUT2D eigenvalue weighted by atomic mass is 10.1. The molecule has 1 aromatic heterocycles. The molecule has 2 aromatic rings. The Morgan fingerprint density at radius 1 is 1.42 bits per heavy atom. The smallest absolute Gasteiger partial charge is 0.339 e. The number of aromatic nitrogens is 1. The summed E-state index contributed by atoms with van der Waals surface area (Å²) >= 11 is 5.72. The van der Waals surface area contributed by atoms with Crippen molar-refractivity contribution < 1.29 is 13.9 Å². The Balaban J connectivity index is 2.32. The van der Waals surface area contributed by atoms with Gasteiger partial charge < -0.3 is 4.74 Å². The van der Waals surface area contributed by atoms with Crippen LogP contribution >= 0.6 is 11.6 Å². The van der Waals surface area contributed by atoms with Crippen LogP contribution in [0.5, 0.6) is 0 Å². The molecule has 0 spiro atoms. The van der Waals surface area contributed by atoms with Gasteiger partial charge in [0.25, 0.3) is 0 Å². The first-order valence-corrected chi connectivity index (χ1v) is 5.95. The molecule has 0 saturated heterocycles. The Morgan fingerprint density at radius 2 is 2.21 bits per heavy atom. The van der Waals surface area contributed by atoms with Crippen LogP contribution in [0.2, 0.25) is 5.02 Å². The van der Waals surface area contributed by atoms with Crippen LogP contribution in [0, 0.1) is 5.82 Å². The summed E-state index contributed by atoms with van der Waals surface area (Å²) in [5, 5.41) is 0.0491. The van der Waals surface area contributed by atoms with E-state index in [1.165, 1.54) is 19.2 Å². The predicted octanol–water partition coefficient (Wildman–Crippen LogP) is 3.25. The average Bonchev–Trinajstić information content (AvgIpc) is 2.43. The number of esters is 1. The summed E-state index contributed by atoms with van der Waals surface area (Å²) in [6, 6.07) is 7.72. The van der Waals surface area contributed by atoms with E-state index >= 15 is 0 Å². The highest BCUT2D eigenvalue weighted by molar-refractivity contribution is 6.30. The molecule has 0 aliphatic carbocycles. The molecule has 3 nitrogen and oxygen atoms in total. The standard InChI is InChI=1S/C14H11ClFNO2/c1-19-14(18)10-3-2-6-17-13(10)8-9-4-5-12(16)11(15)7-9/h2-7H,8H2,1H3. The molecule has 0 aliphatic heterocycles. The van der Waals surface area contributed by atoms with Crippen LogP contribution in [0.3, 0.4) is 0 Å². The predicted molar refractivity (Wildman–Crippen MR) is 69.8 cm³/mol. The maximum absolute atomic E-state index is 13.1. The zero-order valence-electron chi connectivity index (χ0n) is 10.2. The second-order valence-corrected chi connectivity index (χ2v) is 4.32. The minimum atomic E-state index is -0.473. The lowest BCUT2D eigenvalue weighted by molar-refractivity contribution is 0.0599. The molecule has 98 valence electrons. The van der Waals surface area contributed by atoms with Gasteiger partial charge in [0, 0.05) is 12.6 Å². The topological polar surface area (TPSA) is 39.2 Å². The summed E-state index contributed by atoms with van der Waals surface area (Å²) in [5.74, 6) is -0.920. The molecule has 0 bridgehead atoms. The van der Waals surface area contributed by atoms with E-state index in [-0.39, 0.29) is 5.02 Å². The molecule has 19 heavy (non-hydrogen) atoms. The molecular weight excluding hydrogens is 269 g/mol. The van der Waals surface area contributed by atoms with Crippen molar-refractivity contribution in [2.24, 2.45) is 0 Å². The van der Waals surface area contributed by atoms with E-state index < -0.39 is 11.8 Å². The summed E-state index contributed by atoms with van der Waals surface area (Å²) in [6.07, 6.45) is 1.97. The lowest BCUT2D eigenvalue weighted by Gasteiger charge is -2.07. The summed E-state index contributed by atoms with van der Waals surface area (Å²) in [5.41, 5.74) is 1.73. The number of hydrogen-bond donors (Lipinski definition) is 0. The van der Waals surface area contributed by atoms with E-state index in [0.29, 0.717) is 17.7 Å². The Morgan fingerprint density at radius 3 is 2.89 bits per heavy atom. The number of methoxy groups -OCH3 is 1. The van der Waals surface area contributed by atoms with Crippen LogP contribution in [-0.4, -0.2) is 18.1 Å².